The molecule has 0 aliphatic carbocycles. The van der Waals surface area contributed by atoms with Gasteiger partial charge >= 0.3 is 0 Å². The summed E-state index contributed by atoms with van der Waals surface area (Å²) in [5.41, 5.74) is 0.291. The number of amides is 6. The van der Waals surface area contributed by atoms with E-state index < -0.39 is 35.4 Å². The summed E-state index contributed by atoms with van der Waals surface area (Å²) in [6.45, 7) is 3.53. The number of benzene rings is 2. The van der Waals surface area contributed by atoms with E-state index in [-0.39, 0.29) is 45.9 Å². The van der Waals surface area contributed by atoms with E-state index in [1.807, 2.05) is 0 Å². The molecule has 0 saturated heterocycles. The Morgan fingerprint density at radius 3 is 1.10 bits per heavy atom. The molecule has 0 radical (unpaired) electrons. The van der Waals surface area contributed by atoms with Crippen LogP contribution >= 0.6 is 0 Å². The van der Waals surface area contributed by atoms with Gasteiger partial charge in [-0.3, -0.25) is 28.8 Å². The van der Waals surface area contributed by atoms with Crippen LogP contribution in [0.15, 0.2) is 24.3 Å². The Labute approximate surface area is 171 Å². The third-order valence-electron chi connectivity index (χ3n) is 5.32. The Kier molecular flexibility index (Phi) is 4.57. The smallest absolute Gasteiger partial charge is 0.268 e. The maximum Gasteiger partial charge on any atom is 0.268 e. The number of hydrogen-bond donors (Lipinski definition) is 0. The zero-order valence-electron chi connectivity index (χ0n) is 16.5. The van der Waals surface area contributed by atoms with Crippen LogP contribution in [-0.2, 0) is 9.59 Å². The largest absolute Gasteiger partial charge is 0.274 e. The number of carbonyl (C=O) groups is 6. The molecule has 6 amide bonds. The van der Waals surface area contributed by atoms with Crippen LogP contribution in [0.4, 0.5) is 0 Å². The SMILES string of the molecule is CCCC(=O)N1C(=O)c2ccc3c4c(ccc(c24)C1=O)C(=O)N(C(=O)CCC)C3=O. The number of imide groups is 6. The lowest BCUT2D eigenvalue weighted by atomic mass is 9.85. The monoisotopic (exact) mass is 406 g/mol. The van der Waals surface area contributed by atoms with Gasteiger partial charge in [0.2, 0.25) is 11.8 Å². The van der Waals surface area contributed by atoms with Gasteiger partial charge in [-0.15, -0.1) is 0 Å². The van der Waals surface area contributed by atoms with Gasteiger partial charge in [0.15, 0.2) is 0 Å². The van der Waals surface area contributed by atoms with Crippen molar-refractivity contribution in [3.63, 3.8) is 0 Å². The minimum Gasteiger partial charge on any atom is -0.274 e. The molecule has 0 unspecified atom stereocenters. The zero-order valence-corrected chi connectivity index (χ0v) is 16.5. The molecule has 8 heteroatoms. The van der Waals surface area contributed by atoms with E-state index in [0.29, 0.717) is 22.6 Å². The highest BCUT2D eigenvalue weighted by molar-refractivity contribution is 6.37. The van der Waals surface area contributed by atoms with Crippen molar-refractivity contribution in [1.29, 1.82) is 0 Å². The summed E-state index contributed by atoms with van der Waals surface area (Å²) in [5, 5.41) is 0.342. The first-order valence-corrected chi connectivity index (χ1v) is 9.76. The van der Waals surface area contributed by atoms with Crippen LogP contribution < -0.4 is 0 Å². The molecule has 0 fully saturated rings. The van der Waals surface area contributed by atoms with Gasteiger partial charge in [-0.1, -0.05) is 13.8 Å². The molecular weight excluding hydrogens is 388 g/mol. The summed E-state index contributed by atoms with van der Waals surface area (Å²) in [6.07, 6.45) is 1.02. The molecule has 2 aliphatic rings. The zero-order chi connectivity index (χ0) is 21.7. The Hall–Kier alpha value is -3.68. The molecule has 2 aromatic carbocycles. The van der Waals surface area contributed by atoms with Crippen LogP contribution in [-0.4, -0.2) is 45.2 Å². The van der Waals surface area contributed by atoms with Gasteiger partial charge in [-0.05, 0) is 37.1 Å². The summed E-state index contributed by atoms with van der Waals surface area (Å²) in [5.74, 6) is -4.32. The molecule has 0 N–H and O–H groups in total. The quantitative estimate of drug-likeness (QED) is 0.722. The van der Waals surface area contributed by atoms with Gasteiger partial charge in [-0.2, -0.15) is 0 Å². The van der Waals surface area contributed by atoms with Crippen molar-refractivity contribution < 1.29 is 28.8 Å². The third kappa shape index (κ3) is 2.53. The van der Waals surface area contributed by atoms with Crippen molar-refractivity contribution >= 4 is 46.2 Å². The topological polar surface area (TPSA) is 109 Å². The maximum atomic E-state index is 12.9. The van der Waals surface area contributed by atoms with Crippen LogP contribution in [0.25, 0.3) is 10.8 Å². The average Bonchev–Trinajstić information content (AvgIpc) is 2.71. The van der Waals surface area contributed by atoms with E-state index >= 15 is 0 Å². The molecule has 0 spiro atoms. The van der Waals surface area contributed by atoms with Crippen LogP contribution in [0.3, 0.4) is 0 Å². The number of nitrogens with zero attached hydrogens (tertiary/aromatic N) is 2. The van der Waals surface area contributed by atoms with E-state index in [2.05, 4.69) is 0 Å². The van der Waals surface area contributed by atoms with Crippen LogP contribution in [0.2, 0.25) is 0 Å². The standard InChI is InChI=1S/C22H18N2O6/c1-3-5-15(25)23-19(27)11-7-9-13-18-14(10-8-12(17(11)18)20(23)28)22(30)24(21(13)29)16(26)6-4-2/h7-10H,3-6H2,1-2H3. The molecular formula is C22H18N2O6. The second kappa shape index (κ2) is 6.98. The van der Waals surface area contributed by atoms with Crippen molar-refractivity contribution in [2.75, 3.05) is 0 Å². The van der Waals surface area contributed by atoms with E-state index in [1.54, 1.807) is 13.8 Å². The van der Waals surface area contributed by atoms with Gasteiger partial charge < -0.3 is 0 Å². The fourth-order valence-electron chi connectivity index (χ4n) is 3.98. The van der Waals surface area contributed by atoms with Gasteiger partial charge in [0, 0.05) is 45.9 Å². The van der Waals surface area contributed by atoms with Crippen molar-refractivity contribution in [3.8, 4) is 0 Å². The van der Waals surface area contributed by atoms with Gasteiger partial charge in [0.25, 0.3) is 23.6 Å². The summed E-state index contributed by atoms with van der Waals surface area (Å²) in [7, 11) is 0. The first kappa shape index (κ1) is 19.6. The highest BCUT2D eigenvalue weighted by atomic mass is 16.2. The Bertz CT molecular complexity index is 1030. The number of carbonyl (C=O) groups excluding carboxylic acids is 6. The molecule has 0 saturated carbocycles. The Morgan fingerprint density at radius 1 is 0.600 bits per heavy atom. The maximum absolute atomic E-state index is 12.9. The predicted octanol–water partition coefficient (Wildman–Crippen LogP) is 2.69. The molecule has 4 rings (SSSR count). The number of hydrogen-bond acceptors (Lipinski definition) is 6. The molecule has 152 valence electrons. The van der Waals surface area contributed by atoms with E-state index in [4.69, 9.17) is 0 Å². The van der Waals surface area contributed by atoms with Crippen molar-refractivity contribution in [2.45, 2.75) is 39.5 Å². The average molecular weight is 406 g/mol. The summed E-state index contributed by atoms with van der Waals surface area (Å²) >= 11 is 0. The van der Waals surface area contributed by atoms with Crippen LogP contribution in [0, 0.1) is 0 Å². The first-order valence-electron chi connectivity index (χ1n) is 9.76. The second-order valence-corrected chi connectivity index (χ2v) is 7.25. The third-order valence-corrected chi connectivity index (χ3v) is 5.32. The van der Waals surface area contributed by atoms with E-state index in [9.17, 15) is 28.8 Å². The molecule has 30 heavy (non-hydrogen) atoms. The summed E-state index contributed by atoms with van der Waals surface area (Å²) in [4.78, 5) is 77.7. The molecule has 2 heterocycles. The summed E-state index contributed by atoms with van der Waals surface area (Å²) < 4.78 is 0. The normalized spacial score (nSPS) is 15.3. The summed E-state index contributed by atoms with van der Waals surface area (Å²) in [6, 6.07) is 5.45. The fourth-order valence-corrected chi connectivity index (χ4v) is 3.98. The van der Waals surface area contributed by atoms with Gasteiger partial charge in [0.1, 0.15) is 0 Å². The minimum absolute atomic E-state index is 0.0393. The van der Waals surface area contributed by atoms with Gasteiger partial charge in [0.05, 0.1) is 0 Å². The Morgan fingerprint density at radius 2 is 0.867 bits per heavy atom. The molecule has 2 aromatic rings. The van der Waals surface area contributed by atoms with Crippen molar-refractivity contribution in [3.05, 3.63) is 46.5 Å². The molecule has 8 nitrogen and oxygen atoms in total. The lowest BCUT2D eigenvalue weighted by Gasteiger charge is -2.30. The van der Waals surface area contributed by atoms with E-state index in [0.717, 1.165) is 0 Å². The van der Waals surface area contributed by atoms with Crippen LogP contribution in [0.5, 0.6) is 0 Å². The molecule has 0 bridgehead atoms. The molecule has 0 atom stereocenters. The highest BCUT2D eigenvalue weighted by Crippen LogP contribution is 2.38. The molecule has 0 aromatic heterocycles. The highest BCUT2D eigenvalue weighted by Gasteiger charge is 2.42. The van der Waals surface area contributed by atoms with E-state index in [1.165, 1.54) is 24.3 Å². The van der Waals surface area contributed by atoms with Gasteiger partial charge in [-0.25, -0.2) is 9.80 Å². The lowest BCUT2D eigenvalue weighted by molar-refractivity contribution is -0.127. The molecule has 2 aliphatic heterocycles. The van der Waals surface area contributed by atoms with Crippen molar-refractivity contribution in [1.82, 2.24) is 9.80 Å². The fraction of sp³-hybridized carbons (Fsp3) is 0.273. The lowest BCUT2D eigenvalue weighted by Crippen LogP contribution is -2.46. The number of rotatable bonds is 4. The van der Waals surface area contributed by atoms with Crippen LogP contribution in [0.1, 0.15) is 81.0 Å². The minimum atomic E-state index is -0.779. The first-order chi connectivity index (χ1) is 14.3. The van der Waals surface area contributed by atoms with Crippen molar-refractivity contribution in [2.24, 2.45) is 0 Å². The predicted molar refractivity (Wildman–Crippen MR) is 105 cm³/mol. The Balaban J connectivity index is 1.95. The second-order valence-electron chi connectivity index (χ2n) is 7.25.